The molecule has 0 spiro atoms. The van der Waals surface area contributed by atoms with Crippen molar-refractivity contribution in [2.24, 2.45) is 5.92 Å². The van der Waals surface area contributed by atoms with E-state index in [0.717, 1.165) is 13.0 Å². The Balaban J connectivity index is 1.78. The number of ether oxygens (including phenoxy) is 3. The number of fused-ring (bicyclic) bond motifs is 1. The smallest absolute Gasteiger partial charge is 0.186 e. The van der Waals surface area contributed by atoms with Crippen molar-refractivity contribution >= 4 is 0 Å². The van der Waals surface area contributed by atoms with E-state index in [1.165, 1.54) is 0 Å². The highest BCUT2D eigenvalue weighted by Gasteiger charge is 2.51. The lowest BCUT2D eigenvalue weighted by atomic mass is 10.1. The minimum atomic E-state index is -0.115. The molecule has 3 heteroatoms. The summed E-state index contributed by atoms with van der Waals surface area (Å²) in [6, 6.07) is 0. The van der Waals surface area contributed by atoms with Gasteiger partial charge >= 0.3 is 0 Å². The summed E-state index contributed by atoms with van der Waals surface area (Å²) in [4.78, 5) is 0. The summed E-state index contributed by atoms with van der Waals surface area (Å²) in [5.74, 6) is 0.554. The minimum absolute atomic E-state index is 0.115. The maximum absolute atomic E-state index is 5.64. The zero-order valence-electron chi connectivity index (χ0n) is 8.53. The lowest BCUT2D eigenvalue weighted by molar-refractivity contribution is -0.188. The van der Waals surface area contributed by atoms with Gasteiger partial charge in [-0.15, -0.1) is 0 Å². The predicted molar refractivity (Wildman–Crippen MR) is 48.4 cm³/mol. The lowest BCUT2D eigenvalue weighted by Gasteiger charge is -2.25. The van der Waals surface area contributed by atoms with E-state index in [-0.39, 0.29) is 18.5 Å². The lowest BCUT2D eigenvalue weighted by Crippen LogP contribution is -2.35. The van der Waals surface area contributed by atoms with Gasteiger partial charge in [-0.05, 0) is 12.8 Å². The molecule has 2 rings (SSSR count). The van der Waals surface area contributed by atoms with Gasteiger partial charge in [-0.1, -0.05) is 13.8 Å². The van der Waals surface area contributed by atoms with E-state index in [0.29, 0.717) is 12.0 Å². The van der Waals surface area contributed by atoms with Gasteiger partial charge in [-0.2, -0.15) is 0 Å². The molecule has 76 valence electrons. The van der Waals surface area contributed by atoms with Gasteiger partial charge in [-0.3, -0.25) is 0 Å². The van der Waals surface area contributed by atoms with Crippen LogP contribution in [-0.2, 0) is 14.2 Å². The molecule has 13 heavy (non-hydrogen) atoms. The predicted octanol–water partition coefficient (Wildman–Crippen LogP) is 1.56. The molecule has 0 unspecified atom stereocenters. The summed E-state index contributed by atoms with van der Waals surface area (Å²) >= 11 is 0. The maximum Gasteiger partial charge on any atom is 0.186 e. The van der Waals surface area contributed by atoms with Crippen molar-refractivity contribution in [3.63, 3.8) is 0 Å². The first-order chi connectivity index (χ1) is 6.16. The van der Waals surface area contributed by atoms with Crippen molar-refractivity contribution < 1.29 is 14.2 Å². The highest BCUT2D eigenvalue weighted by atomic mass is 16.7. The van der Waals surface area contributed by atoms with Crippen molar-refractivity contribution in [1.82, 2.24) is 0 Å². The van der Waals surface area contributed by atoms with Crippen LogP contribution in [0.2, 0.25) is 0 Å². The molecule has 4 atom stereocenters. The monoisotopic (exact) mass is 186 g/mol. The SMILES string of the molecule is CC(C)CO[C@H]1O[C@H](C)C[C@H]2O[C@@H]12. The standard InChI is InChI=1S/C10H18O3/c1-6(2)5-11-10-9-8(13-9)4-7(3)12-10/h6-10H,4-5H2,1-3H3/t7-,8-,9-,10+/m1/s1. The van der Waals surface area contributed by atoms with Crippen molar-refractivity contribution in [2.45, 2.75) is 51.8 Å². The molecule has 0 N–H and O–H groups in total. The highest BCUT2D eigenvalue weighted by molar-refractivity contribution is 4.93. The molecule has 0 amide bonds. The molecule has 2 aliphatic rings. The number of hydrogen-bond donors (Lipinski definition) is 0. The van der Waals surface area contributed by atoms with Gasteiger partial charge in [0.25, 0.3) is 0 Å². The fourth-order valence-electron chi connectivity index (χ4n) is 1.70. The third kappa shape index (κ3) is 2.22. The van der Waals surface area contributed by atoms with Gasteiger partial charge in [0.05, 0.1) is 18.8 Å². The van der Waals surface area contributed by atoms with Crippen LogP contribution in [-0.4, -0.2) is 31.2 Å². The molecular weight excluding hydrogens is 168 g/mol. The fraction of sp³-hybridized carbons (Fsp3) is 1.00. The average Bonchev–Trinajstić information content (AvgIpc) is 2.78. The first-order valence-electron chi connectivity index (χ1n) is 5.09. The molecule has 2 fully saturated rings. The Morgan fingerprint density at radius 3 is 2.85 bits per heavy atom. The zero-order valence-corrected chi connectivity index (χ0v) is 8.53. The molecule has 0 aromatic rings. The van der Waals surface area contributed by atoms with E-state index >= 15 is 0 Å². The Hall–Kier alpha value is -0.120. The fourth-order valence-corrected chi connectivity index (χ4v) is 1.70. The molecule has 0 aromatic heterocycles. The third-order valence-electron chi connectivity index (χ3n) is 2.41. The summed E-state index contributed by atoms with van der Waals surface area (Å²) in [5.41, 5.74) is 0. The van der Waals surface area contributed by atoms with Crippen LogP contribution in [0, 0.1) is 5.92 Å². The Morgan fingerprint density at radius 2 is 2.15 bits per heavy atom. The Morgan fingerprint density at radius 1 is 1.38 bits per heavy atom. The molecule has 2 heterocycles. The van der Waals surface area contributed by atoms with E-state index in [1.54, 1.807) is 0 Å². The number of rotatable bonds is 3. The largest absolute Gasteiger partial charge is 0.364 e. The van der Waals surface area contributed by atoms with Gasteiger partial charge < -0.3 is 14.2 Å². The average molecular weight is 186 g/mol. The summed E-state index contributed by atoms with van der Waals surface area (Å²) in [6.45, 7) is 7.10. The summed E-state index contributed by atoms with van der Waals surface area (Å²) < 4.78 is 16.7. The van der Waals surface area contributed by atoms with Crippen LogP contribution in [0.15, 0.2) is 0 Å². The summed E-state index contributed by atoms with van der Waals surface area (Å²) in [7, 11) is 0. The van der Waals surface area contributed by atoms with Crippen molar-refractivity contribution in [3.05, 3.63) is 0 Å². The van der Waals surface area contributed by atoms with E-state index in [2.05, 4.69) is 20.8 Å². The Labute approximate surface area is 79.4 Å². The highest BCUT2D eigenvalue weighted by Crippen LogP contribution is 2.37. The first kappa shape index (κ1) is 9.44. The summed E-state index contributed by atoms with van der Waals surface area (Å²) in [6.07, 6.45) is 1.81. The van der Waals surface area contributed by atoms with Gasteiger partial charge in [0.1, 0.15) is 6.10 Å². The van der Waals surface area contributed by atoms with Crippen LogP contribution >= 0.6 is 0 Å². The van der Waals surface area contributed by atoms with Crippen LogP contribution in [0.25, 0.3) is 0 Å². The quantitative estimate of drug-likeness (QED) is 0.627. The molecule has 0 aromatic carbocycles. The number of hydrogen-bond acceptors (Lipinski definition) is 3. The molecule has 0 aliphatic carbocycles. The maximum atomic E-state index is 5.64. The van der Waals surface area contributed by atoms with E-state index < -0.39 is 0 Å². The second-order valence-electron chi connectivity index (χ2n) is 4.42. The van der Waals surface area contributed by atoms with Crippen molar-refractivity contribution in [2.75, 3.05) is 6.61 Å². The van der Waals surface area contributed by atoms with Crippen LogP contribution in [0.5, 0.6) is 0 Å². The molecule has 0 bridgehead atoms. The van der Waals surface area contributed by atoms with Crippen molar-refractivity contribution in [3.8, 4) is 0 Å². The Kier molecular flexibility index (Phi) is 2.58. The molecule has 0 saturated carbocycles. The Bertz CT molecular complexity index is 181. The molecule has 2 saturated heterocycles. The van der Waals surface area contributed by atoms with Gasteiger partial charge in [0.15, 0.2) is 6.29 Å². The second-order valence-corrected chi connectivity index (χ2v) is 4.42. The first-order valence-corrected chi connectivity index (χ1v) is 5.09. The van der Waals surface area contributed by atoms with Gasteiger partial charge in [0, 0.05) is 6.42 Å². The molecule has 3 nitrogen and oxygen atoms in total. The number of epoxide rings is 1. The van der Waals surface area contributed by atoms with E-state index in [9.17, 15) is 0 Å². The van der Waals surface area contributed by atoms with Crippen LogP contribution in [0.1, 0.15) is 27.2 Å². The molecular formula is C10H18O3. The van der Waals surface area contributed by atoms with Crippen LogP contribution in [0.4, 0.5) is 0 Å². The zero-order chi connectivity index (χ0) is 9.42. The second kappa shape index (κ2) is 3.56. The normalized spacial score (nSPS) is 43.4. The van der Waals surface area contributed by atoms with E-state index in [1.807, 2.05) is 0 Å². The van der Waals surface area contributed by atoms with E-state index in [4.69, 9.17) is 14.2 Å². The molecule has 2 aliphatic heterocycles. The topological polar surface area (TPSA) is 31.0 Å². The van der Waals surface area contributed by atoms with Crippen LogP contribution in [0.3, 0.4) is 0 Å². The van der Waals surface area contributed by atoms with Gasteiger partial charge in [-0.25, -0.2) is 0 Å². The van der Waals surface area contributed by atoms with Gasteiger partial charge in [0.2, 0.25) is 0 Å². The minimum Gasteiger partial charge on any atom is -0.364 e. The van der Waals surface area contributed by atoms with Crippen molar-refractivity contribution in [1.29, 1.82) is 0 Å². The summed E-state index contributed by atoms with van der Waals surface area (Å²) in [5, 5.41) is 0. The van der Waals surface area contributed by atoms with Crippen LogP contribution < -0.4 is 0 Å². The third-order valence-corrected chi connectivity index (χ3v) is 2.41. The molecule has 0 radical (unpaired) electrons.